The smallest absolute Gasteiger partial charge is 0.0587 e. The predicted molar refractivity (Wildman–Crippen MR) is 71.0 cm³/mol. The van der Waals surface area contributed by atoms with Crippen LogP contribution in [0.25, 0.3) is 0 Å². The number of aliphatic hydroxyl groups is 1. The minimum atomic E-state index is 0.197. The van der Waals surface area contributed by atoms with Crippen LogP contribution in [-0.4, -0.2) is 23.8 Å². The molecular weight excluding hydrogens is 210 g/mol. The van der Waals surface area contributed by atoms with Crippen LogP contribution in [0.5, 0.6) is 0 Å². The van der Waals surface area contributed by atoms with Crippen molar-refractivity contribution in [2.75, 3.05) is 6.61 Å². The fourth-order valence-electron chi connectivity index (χ4n) is 2.46. The number of hydrogen-bond acceptors (Lipinski definition) is 2. The first-order valence-corrected chi connectivity index (χ1v) is 6.74. The summed E-state index contributed by atoms with van der Waals surface area (Å²) in [4.78, 5) is 0. The van der Waals surface area contributed by atoms with Crippen molar-refractivity contribution in [2.24, 2.45) is 5.92 Å². The average molecular weight is 233 g/mol. The number of benzene rings is 1. The average Bonchev–Trinajstić information content (AvgIpc) is 3.20. The zero-order valence-corrected chi connectivity index (χ0v) is 10.6. The lowest BCUT2D eigenvalue weighted by molar-refractivity contribution is 0.223. The second kappa shape index (κ2) is 6.18. The third kappa shape index (κ3) is 3.83. The van der Waals surface area contributed by atoms with Crippen LogP contribution in [0.2, 0.25) is 0 Å². The van der Waals surface area contributed by atoms with Gasteiger partial charge in [-0.15, -0.1) is 0 Å². The van der Waals surface area contributed by atoms with Gasteiger partial charge in [-0.1, -0.05) is 37.3 Å². The van der Waals surface area contributed by atoms with E-state index >= 15 is 0 Å². The molecule has 1 aliphatic carbocycles. The molecule has 17 heavy (non-hydrogen) atoms. The molecule has 1 unspecified atom stereocenters. The molecule has 1 fully saturated rings. The second-order valence-corrected chi connectivity index (χ2v) is 5.09. The van der Waals surface area contributed by atoms with E-state index in [9.17, 15) is 5.11 Å². The molecule has 2 rings (SSSR count). The quantitative estimate of drug-likeness (QED) is 0.758. The largest absolute Gasteiger partial charge is 0.395 e. The summed E-state index contributed by atoms with van der Waals surface area (Å²) in [7, 11) is 0. The highest BCUT2D eigenvalue weighted by molar-refractivity contribution is 5.16. The fraction of sp³-hybridized carbons (Fsp3) is 0.600. The van der Waals surface area contributed by atoms with Gasteiger partial charge >= 0.3 is 0 Å². The van der Waals surface area contributed by atoms with E-state index in [1.54, 1.807) is 0 Å². The standard InChI is InChI=1S/C15H23NO/c1-2-15(13-8-9-13)16-14(11-17)10-12-6-4-3-5-7-12/h3-7,13-17H,2,8-11H2,1H3/t14-,15?/m0/s1. The van der Waals surface area contributed by atoms with Gasteiger partial charge in [0.25, 0.3) is 0 Å². The molecule has 1 aromatic carbocycles. The van der Waals surface area contributed by atoms with E-state index in [4.69, 9.17) is 0 Å². The Bertz CT molecular complexity index is 321. The zero-order chi connectivity index (χ0) is 12.1. The summed E-state index contributed by atoms with van der Waals surface area (Å²) >= 11 is 0. The Morgan fingerprint density at radius 2 is 2.00 bits per heavy atom. The molecule has 1 aliphatic rings. The molecule has 2 nitrogen and oxygen atoms in total. The van der Waals surface area contributed by atoms with Crippen LogP contribution in [0.15, 0.2) is 30.3 Å². The molecule has 0 heterocycles. The highest BCUT2D eigenvalue weighted by atomic mass is 16.3. The predicted octanol–water partition coefficient (Wildman–Crippen LogP) is 2.37. The van der Waals surface area contributed by atoms with E-state index in [-0.39, 0.29) is 12.6 Å². The number of aliphatic hydroxyl groups excluding tert-OH is 1. The molecule has 0 amide bonds. The van der Waals surface area contributed by atoms with Gasteiger partial charge in [-0.2, -0.15) is 0 Å². The van der Waals surface area contributed by atoms with Gasteiger partial charge in [0.15, 0.2) is 0 Å². The molecular formula is C15H23NO. The van der Waals surface area contributed by atoms with Gasteiger partial charge in [0.1, 0.15) is 0 Å². The van der Waals surface area contributed by atoms with E-state index in [2.05, 4.69) is 36.5 Å². The topological polar surface area (TPSA) is 32.3 Å². The Hall–Kier alpha value is -0.860. The molecule has 0 saturated heterocycles. The van der Waals surface area contributed by atoms with Gasteiger partial charge in [-0.05, 0) is 37.2 Å². The zero-order valence-electron chi connectivity index (χ0n) is 10.6. The van der Waals surface area contributed by atoms with E-state index in [0.29, 0.717) is 6.04 Å². The molecule has 1 saturated carbocycles. The second-order valence-electron chi connectivity index (χ2n) is 5.09. The van der Waals surface area contributed by atoms with Gasteiger partial charge in [0.05, 0.1) is 6.61 Å². The van der Waals surface area contributed by atoms with Crippen LogP contribution in [0.1, 0.15) is 31.7 Å². The highest BCUT2D eigenvalue weighted by Gasteiger charge is 2.30. The van der Waals surface area contributed by atoms with Crippen molar-refractivity contribution >= 4 is 0 Å². The van der Waals surface area contributed by atoms with Crippen molar-refractivity contribution < 1.29 is 5.11 Å². The van der Waals surface area contributed by atoms with Crippen LogP contribution in [0, 0.1) is 5.92 Å². The van der Waals surface area contributed by atoms with Crippen molar-refractivity contribution in [1.82, 2.24) is 5.32 Å². The van der Waals surface area contributed by atoms with Gasteiger partial charge in [0, 0.05) is 12.1 Å². The lowest BCUT2D eigenvalue weighted by atomic mass is 10.0. The first-order valence-electron chi connectivity index (χ1n) is 6.74. The summed E-state index contributed by atoms with van der Waals surface area (Å²) in [6, 6.07) is 11.2. The summed E-state index contributed by atoms with van der Waals surface area (Å²) in [5.74, 6) is 0.852. The van der Waals surface area contributed by atoms with E-state index in [1.807, 2.05) is 6.07 Å². The van der Waals surface area contributed by atoms with Crippen molar-refractivity contribution in [3.8, 4) is 0 Å². The maximum atomic E-state index is 9.47. The maximum absolute atomic E-state index is 9.47. The van der Waals surface area contributed by atoms with Crippen LogP contribution in [-0.2, 0) is 6.42 Å². The minimum Gasteiger partial charge on any atom is -0.395 e. The molecule has 2 atom stereocenters. The number of hydrogen-bond donors (Lipinski definition) is 2. The monoisotopic (exact) mass is 233 g/mol. The van der Waals surface area contributed by atoms with Crippen molar-refractivity contribution in [2.45, 2.75) is 44.7 Å². The van der Waals surface area contributed by atoms with Crippen molar-refractivity contribution in [3.05, 3.63) is 35.9 Å². The fourth-order valence-corrected chi connectivity index (χ4v) is 2.46. The Morgan fingerprint density at radius 1 is 1.29 bits per heavy atom. The van der Waals surface area contributed by atoms with E-state index in [1.165, 1.54) is 18.4 Å². The van der Waals surface area contributed by atoms with Crippen molar-refractivity contribution in [3.63, 3.8) is 0 Å². The Labute approximate surface area is 104 Å². The Balaban J connectivity index is 1.87. The minimum absolute atomic E-state index is 0.197. The van der Waals surface area contributed by atoms with Gasteiger partial charge < -0.3 is 10.4 Å². The highest BCUT2D eigenvalue weighted by Crippen LogP contribution is 2.34. The van der Waals surface area contributed by atoms with E-state index in [0.717, 1.165) is 18.8 Å². The normalized spacial score (nSPS) is 18.9. The molecule has 0 aliphatic heterocycles. The summed E-state index contributed by atoms with van der Waals surface area (Å²) in [6.07, 6.45) is 4.79. The lowest BCUT2D eigenvalue weighted by Gasteiger charge is -2.23. The molecule has 1 aromatic rings. The Morgan fingerprint density at radius 3 is 2.53 bits per heavy atom. The molecule has 0 aromatic heterocycles. The molecule has 94 valence electrons. The number of rotatable bonds is 7. The first kappa shape index (κ1) is 12.6. The summed E-state index contributed by atoms with van der Waals surface area (Å²) in [5, 5.41) is 13.1. The van der Waals surface area contributed by atoms with Crippen LogP contribution < -0.4 is 5.32 Å². The van der Waals surface area contributed by atoms with Crippen molar-refractivity contribution in [1.29, 1.82) is 0 Å². The molecule has 2 heteroatoms. The Kier molecular flexibility index (Phi) is 4.57. The maximum Gasteiger partial charge on any atom is 0.0587 e. The number of nitrogens with one attached hydrogen (secondary N) is 1. The van der Waals surface area contributed by atoms with Crippen LogP contribution in [0.3, 0.4) is 0 Å². The molecule has 0 bridgehead atoms. The SMILES string of the molecule is CCC(N[C@H](CO)Cc1ccccc1)C1CC1. The van der Waals surface area contributed by atoms with Gasteiger partial charge in [-0.25, -0.2) is 0 Å². The van der Waals surface area contributed by atoms with Crippen LogP contribution >= 0.6 is 0 Å². The summed E-state index contributed by atoms with van der Waals surface area (Å²) < 4.78 is 0. The van der Waals surface area contributed by atoms with Crippen LogP contribution in [0.4, 0.5) is 0 Å². The first-order chi connectivity index (χ1) is 8.33. The van der Waals surface area contributed by atoms with E-state index < -0.39 is 0 Å². The lowest BCUT2D eigenvalue weighted by Crippen LogP contribution is -2.42. The summed E-state index contributed by atoms with van der Waals surface area (Å²) in [5.41, 5.74) is 1.30. The third-order valence-electron chi connectivity index (χ3n) is 3.63. The molecule has 2 N–H and O–H groups in total. The molecule has 0 spiro atoms. The van der Waals surface area contributed by atoms with Gasteiger partial charge in [-0.3, -0.25) is 0 Å². The molecule has 0 radical (unpaired) electrons. The summed E-state index contributed by atoms with van der Waals surface area (Å²) in [6.45, 7) is 2.45. The third-order valence-corrected chi connectivity index (χ3v) is 3.63. The van der Waals surface area contributed by atoms with Gasteiger partial charge in [0.2, 0.25) is 0 Å².